The van der Waals surface area contributed by atoms with Crippen LogP contribution in [0.15, 0.2) is 46.1 Å². The lowest BCUT2D eigenvalue weighted by Crippen LogP contribution is -2.39. The van der Waals surface area contributed by atoms with Crippen LogP contribution in [0.2, 0.25) is 0 Å². The Kier molecular flexibility index (Phi) is 4.57. The highest BCUT2D eigenvalue weighted by Gasteiger charge is 2.27. The number of carbonyl (C=O) groups is 1. The Morgan fingerprint density at radius 1 is 1.21 bits per heavy atom. The van der Waals surface area contributed by atoms with Crippen molar-refractivity contribution in [1.29, 1.82) is 0 Å². The van der Waals surface area contributed by atoms with Gasteiger partial charge in [0.05, 0.1) is 11.0 Å². The second-order valence-corrected chi connectivity index (χ2v) is 6.04. The van der Waals surface area contributed by atoms with Crippen LogP contribution in [0.1, 0.15) is 21.9 Å². The molecule has 0 aliphatic rings. The van der Waals surface area contributed by atoms with Gasteiger partial charge in [-0.1, -0.05) is 30.0 Å². The molecule has 1 aromatic carbocycles. The number of aromatic nitrogens is 4. The predicted octanol–water partition coefficient (Wildman–Crippen LogP) is 1.41. The molecule has 0 aliphatic carbocycles. The zero-order valence-corrected chi connectivity index (χ0v) is 13.9. The lowest BCUT2D eigenvalue weighted by atomic mass is 10.3. The van der Waals surface area contributed by atoms with Crippen molar-refractivity contribution in [3.8, 4) is 11.6 Å². The molecule has 3 rings (SSSR count). The molecule has 0 amide bonds. The van der Waals surface area contributed by atoms with Gasteiger partial charge in [0, 0.05) is 23.5 Å². The van der Waals surface area contributed by atoms with Gasteiger partial charge in [0.1, 0.15) is 0 Å². The predicted molar refractivity (Wildman–Crippen MR) is 84.0 cm³/mol. The molecule has 3 aromatic rings. The van der Waals surface area contributed by atoms with Crippen LogP contribution in [0.4, 0.5) is 0 Å². The third-order valence-electron chi connectivity index (χ3n) is 3.17. The zero-order chi connectivity index (χ0) is 17.1. The minimum atomic E-state index is -0.759. The van der Waals surface area contributed by atoms with Gasteiger partial charge < -0.3 is 9.63 Å². The normalized spacial score (nSPS) is 10.8. The minimum Gasteiger partial charge on any atom is -0.539 e. The Morgan fingerprint density at radius 2 is 1.88 bits per heavy atom. The monoisotopic (exact) mass is 342 g/mol. The SMILES string of the molecule is Cc1cc(C)nc(SCC(=O)c2c([O-])on[n+]2-c2ccccc2)n1. The first-order valence-corrected chi connectivity index (χ1v) is 8.16. The number of carbonyl (C=O) groups excluding carboxylic acids is 1. The molecule has 0 unspecified atom stereocenters. The van der Waals surface area contributed by atoms with E-state index in [1.165, 1.54) is 16.4 Å². The molecule has 8 heteroatoms. The highest BCUT2D eigenvalue weighted by Crippen LogP contribution is 2.18. The van der Waals surface area contributed by atoms with Gasteiger partial charge in [-0.25, -0.2) is 9.97 Å². The standard InChI is InChI=1S/C16H14N4O3S/c1-10-8-11(2)18-16(17-10)24-9-13(21)14-15(22)23-19-20(14)12-6-4-3-5-7-12/h3-8H,9H2,1-2H3. The average molecular weight is 342 g/mol. The Morgan fingerprint density at radius 3 is 2.54 bits per heavy atom. The van der Waals surface area contributed by atoms with E-state index in [9.17, 15) is 9.90 Å². The summed E-state index contributed by atoms with van der Waals surface area (Å²) in [5, 5.41) is 16.0. The van der Waals surface area contributed by atoms with Gasteiger partial charge in [-0.2, -0.15) is 0 Å². The zero-order valence-electron chi connectivity index (χ0n) is 13.1. The number of rotatable bonds is 5. The van der Waals surface area contributed by atoms with Crippen molar-refractivity contribution < 1.29 is 19.1 Å². The minimum absolute atomic E-state index is 0.0200. The number of nitrogens with zero attached hydrogens (tertiary/aromatic N) is 4. The number of Topliss-reactive ketones (excluding diaryl/α,β-unsaturated/α-hetero) is 1. The highest BCUT2D eigenvalue weighted by atomic mass is 32.2. The number of hydrogen-bond acceptors (Lipinski definition) is 7. The van der Waals surface area contributed by atoms with E-state index >= 15 is 0 Å². The smallest absolute Gasteiger partial charge is 0.307 e. The molecule has 0 radical (unpaired) electrons. The first-order valence-electron chi connectivity index (χ1n) is 7.17. The maximum Gasteiger partial charge on any atom is 0.307 e. The molecule has 0 N–H and O–H groups in total. The molecule has 0 fully saturated rings. The summed E-state index contributed by atoms with van der Waals surface area (Å²) in [4.78, 5) is 21.0. The van der Waals surface area contributed by atoms with Gasteiger partial charge in [-0.15, -0.1) is 0 Å². The van der Waals surface area contributed by atoms with E-state index in [1.807, 2.05) is 26.0 Å². The van der Waals surface area contributed by atoms with Crippen molar-refractivity contribution in [3.63, 3.8) is 0 Å². The molecule has 0 saturated carbocycles. The molecule has 0 atom stereocenters. The quantitative estimate of drug-likeness (QED) is 0.299. The molecule has 122 valence electrons. The van der Waals surface area contributed by atoms with Gasteiger partial charge in [-0.05, 0) is 24.6 Å². The summed E-state index contributed by atoms with van der Waals surface area (Å²) in [6, 6.07) is 10.7. The molecule has 0 spiro atoms. The second kappa shape index (κ2) is 6.79. The fourth-order valence-electron chi connectivity index (χ4n) is 2.18. The topological polar surface area (TPSA) is 95.8 Å². The molecule has 0 bridgehead atoms. The van der Waals surface area contributed by atoms with Gasteiger partial charge in [0.2, 0.25) is 11.5 Å². The van der Waals surface area contributed by atoms with Crippen LogP contribution in [0, 0.1) is 13.8 Å². The summed E-state index contributed by atoms with van der Waals surface area (Å²) in [6.45, 7) is 3.72. The second-order valence-electron chi connectivity index (χ2n) is 5.10. The van der Waals surface area contributed by atoms with E-state index in [2.05, 4.69) is 19.8 Å². The van der Waals surface area contributed by atoms with Crippen LogP contribution in [0.3, 0.4) is 0 Å². The molecular weight excluding hydrogens is 328 g/mol. The van der Waals surface area contributed by atoms with E-state index in [1.54, 1.807) is 24.3 Å². The molecule has 2 heterocycles. The molecule has 7 nitrogen and oxygen atoms in total. The van der Waals surface area contributed by atoms with E-state index < -0.39 is 11.7 Å². The van der Waals surface area contributed by atoms with Crippen LogP contribution >= 0.6 is 11.8 Å². The molecular formula is C16H14N4O3S. The summed E-state index contributed by atoms with van der Waals surface area (Å²) in [7, 11) is 0. The number of thioether (sulfide) groups is 1. The average Bonchev–Trinajstić information content (AvgIpc) is 2.94. The maximum atomic E-state index is 12.5. The van der Waals surface area contributed by atoms with Crippen molar-refractivity contribution in [3.05, 3.63) is 53.5 Å². The van der Waals surface area contributed by atoms with Crippen LogP contribution in [0.5, 0.6) is 5.95 Å². The number of benzene rings is 1. The Labute approximate surface area is 142 Å². The third-order valence-corrected chi connectivity index (χ3v) is 4.02. The number of aryl methyl sites for hydroxylation is 2. The Hall–Kier alpha value is -2.74. The maximum absolute atomic E-state index is 12.5. The van der Waals surface area contributed by atoms with E-state index in [4.69, 9.17) is 0 Å². The summed E-state index contributed by atoms with van der Waals surface area (Å²) in [5.41, 5.74) is 2.12. The molecule has 0 aliphatic heterocycles. The van der Waals surface area contributed by atoms with Gasteiger partial charge in [-0.3, -0.25) is 4.79 Å². The first kappa shape index (κ1) is 16.1. The van der Waals surface area contributed by atoms with Crippen molar-refractivity contribution in [2.75, 3.05) is 5.75 Å². The number of hydrogen-bond donors (Lipinski definition) is 0. The van der Waals surface area contributed by atoms with E-state index in [0.29, 0.717) is 10.8 Å². The van der Waals surface area contributed by atoms with E-state index in [0.717, 1.165) is 11.4 Å². The van der Waals surface area contributed by atoms with Gasteiger partial charge in [0.15, 0.2) is 11.1 Å². The van der Waals surface area contributed by atoms with Crippen molar-refractivity contribution in [1.82, 2.24) is 15.2 Å². The van der Waals surface area contributed by atoms with Crippen LogP contribution < -0.4 is 9.79 Å². The summed E-state index contributed by atoms with van der Waals surface area (Å²) >= 11 is 1.17. The molecule has 2 aromatic heterocycles. The fourth-order valence-corrected chi connectivity index (χ4v) is 3.00. The summed E-state index contributed by atoms with van der Waals surface area (Å²) in [6.07, 6.45) is 0. The fraction of sp³-hybridized carbons (Fsp3) is 0.188. The lowest BCUT2D eigenvalue weighted by molar-refractivity contribution is -0.672. The Balaban J connectivity index is 1.82. The number of para-hydroxylation sites is 1. The van der Waals surface area contributed by atoms with Crippen LogP contribution in [0.25, 0.3) is 5.69 Å². The highest BCUT2D eigenvalue weighted by molar-refractivity contribution is 7.99. The van der Waals surface area contributed by atoms with Gasteiger partial charge >= 0.3 is 5.69 Å². The third kappa shape index (κ3) is 3.43. The van der Waals surface area contributed by atoms with Crippen molar-refractivity contribution >= 4 is 17.5 Å². The summed E-state index contributed by atoms with van der Waals surface area (Å²) in [5.74, 6) is -1.13. The van der Waals surface area contributed by atoms with Crippen molar-refractivity contribution in [2.45, 2.75) is 19.0 Å². The van der Waals surface area contributed by atoms with Crippen LogP contribution in [-0.2, 0) is 0 Å². The lowest BCUT2D eigenvalue weighted by Gasteiger charge is -2.02. The van der Waals surface area contributed by atoms with E-state index in [-0.39, 0.29) is 11.4 Å². The first-order chi connectivity index (χ1) is 11.5. The van der Waals surface area contributed by atoms with Crippen LogP contribution in [-0.4, -0.2) is 26.8 Å². The summed E-state index contributed by atoms with van der Waals surface area (Å²) < 4.78 is 5.87. The molecule has 0 saturated heterocycles. The Bertz CT molecular complexity index is 860. The number of ketones is 1. The molecule has 24 heavy (non-hydrogen) atoms. The largest absolute Gasteiger partial charge is 0.539 e. The van der Waals surface area contributed by atoms with Gasteiger partial charge in [0.25, 0.3) is 0 Å². The van der Waals surface area contributed by atoms with Crippen molar-refractivity contribution in [2.24, 2.45) is 0 Å².